The summed E-state index contributed by atoms with van der Waals surface area (Å²) in [5.74, 6) is -0.0633. The van der Waals surface area contributed by atoms with Crippen LogP contribution in [0.1, 0.15) is 28.5 Å². The quantitative estimate of drug-likeness (QED) is 0.320. The lowest BCUT2D eigenvalue weighted by Gasteiger charge is -2.04. The van der Waals surface area contributed by atoms with Crippen LogP contribution in [0.5, 0.6) is 5.75 Å². The number of hydrogen-bond acceptors (Lipinski definition) is 6. The first-order valence-corrected chi connectivity index (χ1v) is 9.62. The molecule has 0 aliphatic heterocycles. The van der Waals surface area contributed by atoms with Gasteiger partial charge >= 0.3 is 5.69 Å². The number of nitro groups is 1. The third-order valence-corrected chi connectivity index (χ3v) is 4.77. The molecule has 1 heterocycles. The third kappa shape index (κ3) is 5.09. The van der Waals surface area contributed by atoms with Crippen molar-refractivity contribution in [2.24, 2.45) is 5.10 Å². The first-order chi connectivity index (χ1) is 14.4. The minimum atomic E-state index is -0.760. The molecule has 3 rings (SSSR count). The number of halogens is 1. The Hall–Kier alpha value is -3.53. The van der Waals surface area contributed by atoms with Gasteiger partial charge in [0.25, 0.3) is 5.91 Å². The van der Waals surface area contributed by atoms with Gasteiger partial charge in [-0.2, -0.15) is 10.2 Å². The summed E-state index contributed by atoms with van der Waals surface area (Å²) in [6.07, 6.45) is 1.23. The van der Waals surface area contributed by atoms with Crippen LogP contribution in [-0.4, -0.2) is 33.4 Å². The minimum Gasteiger partial charge on any atom is -0.497 e. The molecule has 0 radical (unpaired) electrons. The Labute approximate surface area is 180 Å². The summed E-state index contributed by atoms with van der Waals surface area (Å²) < 4.78 is 7.38. The largest absolute Gasteiger partial charge is 0.497 e. The van der Waals surface area contributed by atoms with E-state index in [0.717, 1.165) is 15.6 Å². The number of methoxy groups -OCH3 is 1. The fraction of sp³-hybridized carbons (Fsp3) is 0.150. The molecule has 2 aromatic carbocycles. The Morgan fingerprint density at radius 1 is 1.23 bits per heavy atom. The van der Waals surface area contributed by atoms with E-state index < -0.39 is 10.8 Å². The molecule has 0 aliphatic rings. The molecule has 0 unspecified atom stereocenters. The molecule has 10 heteroatoms. The number of carbonyl (C=O) groups is 1. The molecular formula is C20H18BrN5O4. The number of hydrogen-bond donors (Lipinski definition) is 1. The Kier molecular flexibility index (Phi) is 6.58. The predicted octanol–water partition coefficient (Wildman–Crippen LogP) is 3.76. The lowest BCUT2D eigenvalue weighted by molar-refractivity contribution is -0.385. The van der Waals surface area contributed by atoms with Crippen LogP contribution in [0.2, 0.25) is 0 Å². The van der Waals surface area contributed by atoms with E-state index in [1.807, 2.05) is 24.3 Å². The standard InChI is InChI=1S/C20H18BrN5O4/c1-13(15-5-9-17(30-2)10-6-15)22-23-20(27)19-18(26(28)29)12-25(24-19)11-14-3-7-16(21)8-4-14/h3-10,12H,11H2,1-2H3,(H,23,27). The molecule has 3 aromatic rings. The molecule has 1 aromatic heterocycles. The van der Waals surface area contributed by atoms with Gasteiger partial charge in [0.1, 0.15) is 11.9 Å². The van der Waals surface area contributed by atoms with E-state index in [1.54, 1.807) is 38.3 Å². The van der Waals surface area contributed by atoms with Gasteiger partial charge in [0, 0.05) is 4.47 Å². The van der Waals surface area contributed by atoms with E-state index in [-0.39, 0.29) is 17.9 Å². The van der Waals surface area contributed by atoms with Crippen LogP contribution in [0.15, 0.2) is 64.3 Å². The maximum Gasteiger partial charge on any atom is 0.320 e. The summed E-state index contributed by atoms with van der Waals surface area (Å²) >= 11 is 3.35. The third-order valence-electron chi connectivity index (χ3n) is 4.24. The molecule has 0 saturated carbocycles. The molecule has 30 heavy (non-hydrogen) atoms. The second kappa shape index (κ2) is 9.31. The summed E-state index contributed by atoms with van der Waals surface area (Å²) in [5.41, 5.74) is 3.83. The number of benzene rings is 2. The lowest BCUT2D eigenvalue weighted by Crippen LogP contribution is -2.21. The van der Waals surface area contributed by atoms with Crippen molar-refractivity contribution in [3.63, 3.8) is 0 Å². The molecule has 0 bridgehead atoms. The monoisotopic (exact) mass is 471 g/mol. The van der Waals surface area contributed by atoms with Crippen LogP contribution >= 0.6 is 15.9 Å². The van der Waals surface area contributed by atoms with Gasteiger partial charge < -0.3 is 4.74 Å². The van der Waals surface area contributed by atoms with Crippen molar-refractivity contribution in [2.45, 2.75) is 13.5 Å². The van der Waals surface area contributed by atoms with Crippen molar-refractivity contribution in [3.8, 4) is 5.75 Å². The van der Waals surface area contributed by atoms with Crippen molar-refractivity contribution >= 4 is 33.2 Å². The molecule has 9 nitrogen and oxygen atoms in total. The lowest BCUT2D eigenvalue weighted by atomic mass is 10.1. The Balaban J connectivity index is 1.77. The van der Waals surface area contributed by atoms with Gasteiger partial charge in [-0.3, -0.25) is 19.6 Å². The van der Waals surface area contributed by atoms with E-state index in [0.29, 0.717) is 11.5 Å². The number of rotatable bonds is 7. The van der Waals surface area contributed by atoms with Crippen molar-refractivity contribution in [1.29, 1.82) is 0 Å². The summed E-state index contributed by atoms with van der Waals surface area (Å²) in [6.45, 7) is 2.00. The van der Waals surface area contributed by atoms with Gasteiger partial charge in [-0.1, -0.05) is 28.1 Å². The average molecular weight is 472 g/mol. The highest BCUT2D eigenvalue weighted by molar-refractivity contribution is 9.10. The minimum absolute atomic E-state index is 0.287. The van der Waals surface area contributed by atoms with E-state index in [2.05, 4.69) is 31.6 Å². The molecule has 154 valence electrons. The van der Waals surface area contributed by atoms with Gasteiger partial charge in [0.2, 0.25) is 5.69 Å². The number of carbonyl (C=O) groups excluding carboxylic acids is 1. The number of nitrogens with zero attached hydrogens (tertiary/aromatic N) is 4. The molecule has 0 atom stereocenters. The molecule has 0 saturated heterocycles. The number of ether oxygens (including phenoxy) is 1. The van der Waals surface area contributed by atoms with E-state index in [9.17, 15) is 14.9 Å². The topological polar surface area (TPSA) is 112 Å². The average Bonchev–Trinajstić information content (AvgIpc) is 3.18. The number of amides is 1. The van der Waals surface area contributed by atoms with Crippen molar-refractivity contribution in [1.82, 2.24) is 15.2 Å². The number of hydrazone groups is 1. The van der Waals surface area contributed by atoms with Gasteiger partial charge in [0.15, 0.2) is 0 Å². The van der Waals surface area contributed by atoms with Crippen molar-refractivity contribution < 1.29 is 14.5 Å². The summed E-state index contributed by atoms with van der Waals surface area (Å²) in [7, 11) is 1.57. The number of nitrogens with one attached hydrogen (secondary N) is 1. The van der Waals surface area contributed by atoms with Crippen LogP contribution in [0.25, 0.3) is 0 Å². The molecule has 1 amide bonds. The molecule has 0 aliphatic carbocycles. The zero-order valence-electron chi connectivity index (χ0n) is 16.2. The van der Waals surface area contributed by atoms with Crippen molar-refractivity contribution in [3.05, 3.63) is 86.1 Å². The maximum absolute atomic E-state index is 12.5. The van der Waals surface area contributed by atoms with E-state index >= 15 is 0 Å². The zero-order chi connectivity index (χ0) is 21.7. The number of aromatic nitrogens is 2. The van der Waals surface area contributed by atoms with Crippen LogP contribution in [0.4, 0.5) is 5.69 Å². The van der Waals surface area contributed by atoms with Gasteiger partial charge in [0.05, 0.1) is 24.3 Å². The van der Waals surface area contributed by atoms with Crippen LogP contribution in [-0.2, 0) is 6.54 Å². The fourth-order valence-electron chi connectivity index (χ4n) is 2.65. The zero-order valence-corrected chi connectivity index (χ0v) is 17.8. The molecular weight excluding hydrogens is 454 g/mol. The second-order valence-corrected chi connectivity index (χ2v) is 7.23. The SMILES string of the molecule is COc1ccc(C(C)=NNC(=O)c2nn(Cc3ccc(Br)cc3)cc2[N+](=O)[O-])cc1. The van der Waals surface area contributed by atoms with E-state index in [4.69, 9.17) is 4.74 Å². The van der Waals surface area contributed by atoms with Gasteiger partial charge in [-0.25, -0.2) is 5.43 Å². The molecule has 1 N–H and O–H groups in total. The first kappa shape index (κ1) is 21.2. The maximum atomic E-state index is 12.5. The van der Waals surface area contributed by atoms with Crippen molar-refractivity contribution in [2.75, 3.05) is 7.11 Å². The Morgan fingerprint density at radius 2 is 1.90 bits per heavy atom. The molecule has 0 spiro atoms. The second-order valence-electron chi connectivity index (χ2n) is 6.31. The van der Waals surface area contributed by atoms with E-state index in [1.165, 1.54) is 10.9 Å². The van der Waals surface area contributed by atoms with Gasteiger partial charge in [-0.15, -0.1) is 0 Å². The van der Waals surface area contributed by atoms with Gasteiger partial charge in [-0.05, 0) is 54.4 Å². The van der Waals surface area contributed by atoms with Crippen LogP contribution in [0.3, 0.4) is 0 Å². The Morgan fingerprint density at radius 3 is 2.50 bits per heavy atom. The summed E-state index contributed by atoms with van der Waals surface area (Å²) in [5, 5.41) is 19.5. The highest BCUT2D eigenvalue weighted by atomic mass is 79.9. The normalized spacial score (nSPS) is 11.2. The highest BCUT2D eigenvalue weighted by Gasteiger charge is 2.25. The van der Waals surface area contributed by atoms with Crippen LogP contribution < -0.4 is 10.2 Å². The Bertz CT molecular complexity index is 1090. The fourth-order valence-corrected chi connectivity index (χ4v) is 2.91. The summed E-state index contributed by atoms with van der Waals surface area (Å²) in [6, 6.07) is 14.6. The summed E-state index contributed by atoms with van der Waals surface area (Å²) in [4.78, 5) is 23.2. The highest BCUT2D eigenvalue weighted by Crippen LogP contribution is 2.19. The first-order valence-electron chi connectivity index (χ1n) is 8.82. The smallest absolute Gasteiger partial charge is 0.320 e. The molecule has 0 fully saturated rings. The van der Waals surface area contributed by atoms with Crippen LogP contribution in [0, 0.1) is 10.1 Å². The predicted molar refractivity (Wildman–Crippen MR) is 115 cm³/mol.